The fourth-order valence-corrected chi connectivity index (χ4v) is 2.06. The van der Waals surface area contributed by atoms with Crippen molar-refractivity contribution in [2.24, 2.45) is 5.92 Å². The van der Waals surface area contributed by atoms with Crippen LogP contribution in [0.4, 0.5) is 0 Å². The van der Waals surface area contributed by atoms with Gasteiger partial charge in [0.15, 0.2) is 0 Å². The van der Waals surface area contributed by atoms with Gasteiger partial charge in [-0.25, -0.2) is 0 Å². The SMILES string of the molecule is CNC1(C)CCCCCC1C. The highest BCUT2D eigenvalue weighted by atomic mass is 14.9. The average Bonchev–Trinajstić information content (AvgIpc) is 2.16. The highest BCUT2D eigenvalue weighted by molar-refractivity contribution is 4.88. The van der Waals surface area contributed by atoms with Crippen LogP contribution in [0.15, 0.2) is 0 Å². The lowest BCUT2D eigenvalue weighted by Crippen LogP contribution is -2.44. The van der Waals surface area contributed by atoms with Gasteiger partial charge in [0.05, 0.1) is 0 Å². The Morgan fingerprint density at radius 2 is 2.00 bits per heavy atom. The van der Waals surface area contributed by atoms with Crippen LogP contribution in [0.3, 0.4) is 0 Å². The quantitative estimate of drug-likeness (QED) is 0.574. The molecule has 66 valence electrons. The summed E-state index contributed by atoms with van der Waals surface area (Å²) in [7, 11) is 2.10. The van der Waals surface area contributed by atoms with Crippen molar-refractivity contribution in [2.75, 3.05) is 7.05 Å². The molecule has 0 saturated heterocycles. The maximum Gasteiger partial charge on any atom is 0.0175 e. The van der Waals surface area contributed by atoms with E-state index in [1.54, 1.807) is 0 Å². The van der Waals surface area contributed by atoms with Crippen LogP contribution >= 0.6 is 0 Å². The fraction of sp³-hybridized carbons (Fsp3) is 1.00. The fourth-order valence-electron chi connectivity index (χ4n) is 2.06. The molecule has 11 heavy (non-hydrogen) atoms. The Morgan fingerprint density at radius 3 is 2.64 bits per heavy atom. The van der Waals surface area contributed by atoms with Gasteiger partial charge >= 0.3 is 0 Å². The molecular formula is C10H21N. The van der Waals surface area contributed by atoms with Crippen molar-refractivity contribution in [1.82, 2.24) is 5.32 Å². The Hall–Kier alpha value is -0.0400. The first kappa shape index (κ1) is 9.05. The third-order valence-electron chi connectivity index (χ3n) is 3.49. The Bertz CT molecular complexity index is 122. The normalized spacial score (nSPS) is 40.1. The Morgan fingerprint density at radius 1 is 1.27 bits per heavy atom. The monoisotopic (exact) mass is 155 g/mol. The molecule has 1 rings (SSSR count). The molecule has 1 aliphatic carbocycles. The van der Waals surface area contributed by atoms with Crippen LogP contribution in [0.1, 0.15) is 46.0 Å². The van der Waals surface area contributed by atoms with Crippen LogP contribution in [0.5, 0.6) is 0 Å². The van der Waals surface area contributed by atoms with E-state index in [1.807, 2.05) is 0 Å². The molecule has 0 heterocycles. The molecule has 2 unspecified atom stereocenters. The van der Waals surface area contributed by atoms with Gasteiger partial charge in [-0.15, -0.1) is 0 Å². The van der Waals surface area contributed by atoms with Gasteiger partial charge in [-0.1, -0.05) is 26.2 Å². The van der Waals surface area contributed by atoms with Crippen LogP contribution in [0.25, 0.3) is 0 Å². The van der Waals surface area contributed by atoms with E-state index in [9.17, 15) is 0 Å². The van der Waals surface area contributed by atoms with Gasteiger partial charge in [-0.3, -0.25) is 0 Å². The zero-order valence-electron chi connectivity index (χ0n) is 8.11. The van der Waals surface area contributed by atoms with Crippen LogP contribution in [-0.4, -0.2) is 12.6 Å². The summed E-state index contributed by atoms with van der Waals surface area (Å²) in [5, 5.41) is 3.47. The van der Waals surface area contributed by atoms with E-state index < -0.39 is 0 Å². The smallest absolute Gasteiger partial charge is 0.0175 e. The second-order valence-corrected chi connectivity index (χ2v) is 4.17. The molecule has 1 saturated carbocycles. The summed E-state index contributed by atoms with van der Waals surface area (Å²) in [6, 6.07) is 0. The number of hydrogen-bond acceptors (Lipinski definition) is 1. The predicted molar refractivity (Wildman–Crippen MR) is 49.7 cm³/mol. The largest absolute Gasteiger partial charge is 0.314 e. The minimum absolute atomic E-state index is 0.413. The number of rotatable bonds is 1. The lowest BCUT2D eigenvalue weighted by Gasteiger charge is -2.34. The van der Waals surface area contributed by atoms with Gasteiger partial charge in [0.2, 0.25) is 0 Å². The maximum atomic E-state index is 3.47. The van der Waals surface area contributed by atoms with Gasteiger partial charge in [0.1, 0.15) is 0 Å². The molecule has 0 bridgehead atoms. The molecule has 0 aromatic heterocycles. The van der Waals surface area contributed by atoms with Gasteiger partial charge in [-0.05, 0) is 32.7 Å². The van der Waals surface area contributed by atoms with Crippen LogP contribution in [-0.2, 0) is 0 Å². The van der Waals surface area contributed by atoms with E-state index in [-0.39, 0.29) is 0 Å². The molecular weight excluding hydrogens is 134 g/mol. The highest BCUT2D eigenvalue weighted by Crippen LogP contribution is 2.31. The number of hydrogen-bond donors (Lipinski definition) is 1. The standard InChI is InChI=1S/C10H21N/c1-9-7-5-4-6-8-10(9,2)11-3/h9,11H,4-8H2,1-3H3. The van der Waals surface area contributed by atoms with Crippen LogP contribution in [0.2, 0.25) is 0 Å². The lowest BCUT2D eigenvalue weighted by atomic mass is 9.83. The van der Waals surface area contributed by atoms with E-state index in [2.05, 4.69) is 26.2 Å². The van der Waals surface area contributed by atoms with Gasteiger partial charge in [0, 0.05) is 5.54 Å². The molecule has 2 atom stereocenters. The maximum absolute atomic E-state index is 3.47. The van der Waals surface area contributed by atoms with Crippen molar-refractivity contribution in [3.63, 3.8) is 0 Å². The first-order valence-electron chi connectivity index (χ1n) is 4.88. The van der Waals surface area contributed by atoms with Crippen molar-refractivity contribution in [1.29, 1.82) is 0 Å². The van der Waals surface area contributed by atoms with Crippen LogP contribution < -0.4 is 5.32 Å². The van der Waals surface area contributed by atoms with E-state index in [0.717, 1.165) is 5.92 Å². The molecule has 1 nitrogen and oxygen atoms in total. The molecule has 1 aliphatic rings. The van der Waals surface area contributed by atoms with Gasteiger partial charge in [0.25, 0.3) is 0 Å². The molecule has 0 aliphatic heterocycles. The van der Waals surface area contributed by atoms with Crippen molar-refractivity contribution in [3.8, 4) is 0 Å². The predicted octanol–water partition coefficient (Wildman–Crippen LogP) is 2.56. The van der Waals surface area contributed by atoms with E-state index in [4.69, 9.17) is 0 Å². The van der Waals surface area contributed by atoms with E-state index >= 15 is 0 Å². The zero-order valence-corrected chi connectivity index (χ0v) is 8.11. The minimum atomic E-state index is 0.413. The molecule has 1 heteroatoms. The van der Waals surface area contributed by atoms with Gasteiger partial charge in [-0.2, -0.15) is 0 Å². The third-order valence-corrected chi connectivity index (χ3v) is 3.49. The molecule has 0 spiro atoms. The van der Waals surface area contributed by atoms with Crippen molar-refractivity contribution in [2.45, 2.75) is 51.5 Å². The molecule has 0 aromatic rings. The summed E-state index contributed by atoms with van der Waals surface area (Å²) in [6.45, 7) is 4.74. The summed E-state index contributed by atoms with van der Waals surface area (Å²) < 4.78 is 0. The Kier molecular flexibility index (Phi) is 2.94. The van der Waals surface area contributed by atoms with Crippen LogP contribution in [0, 0.1) is 5.92 Å². The van der Waals surface area contributed by atoms with Crippen molar-refractivity contribution in [3.05, 3.63) is 0 Å². The molecule has 1 fully saturated rings. The van der Waals surface area contributed by atoms with Crippen molar-refractivity contribution >= 4 is 0 Å². The molecule has 0 radical (unpaired) electrons. The number of nitrogens with one attached hydrogen (secondary N) is 1. The second-order valence-electron chi connectivity index (χ2n) is 4.17. The second kappa shape index (κ2) is 3.57. The Balaban J connectivity index is 2.58. The zero-order chi connectivity index (χ0) is 8.32. The summed E-state index contributed by atoms with van der Waals surface area (Å²) >= 11 is 0. The van der Waals surface area contributed by atoms with Crippen molar-refractivity contribution < 1.29 is 0 Å². The average molecular weight is 155 g/mol. The topological polar surface area (TPSA) is 12.0 Å². The molecule has 0 amide bonds. The molecule has 0 aromatic carbocycles. The summed E-state index contributed by atoms with van der Waals surface area (Å²) in [6.07, 6.45) is 7.02. The van der Waals surface area contributed by atoms with E-state index in [1.165, 1.54) is 32.1 Å². The third kappa shape index (κ3) is 1.96. The summed E-state index contributed by atoms with van der Waals surface area (Å²) in [5.41, 5.74) is 0.413. The highest BCUT2D eigenvalue weighted by Gasteiger charge is 2.29. The first-order chi connectivity index (χ1) is 5.19. The van der Waals surface area contributed by atoms with E-state index in [0.29, 0.717) is 5.54 Å². The first-order valence-corrected chi connectivity index (χ1v) is 4.88. The summed E-state index contributed by atoms with van der Waals surface area (Å²) in [5.74, 6) is 0.843. The van der Waals surface area contributed by atoms with Gasteiger partial charge < -0.3 is 5.32 Å². The summed E-state index contributed by atoms with van der Waals surface area (Å²) in [4.78, 5) is 0. The Labute approximate surface area is 70.6 Å². The lowest BCUT2D eigenvalue weighted by molar-refractivity contribution is 0.246. The minimum Gasteiger partial charge on any atom is -0.314 e. The molecule has 1 N–H and O–H groups in total.